The van der Waals surface area contributed by atoms with Crippen molar-refractivity contribution < 1.29 is 13.2 Å². The lowest BCUT2D eigenvalue weighted by molar-refractivity contribution is -0.137. The van der Waals surface area contributed by atoms with E-state index < -0.39 is 11.7 Å². The number of alkyl halides is 3. The summed E-state index contributed by atoms with van der Waals surface area (Å²) in [5, 5.41) is 4.53. The Morgan fingerprint density at radius 3 is 2.63 bits per heavy atom. The molecular weight excluding hydrogens is 393 g/mol. The minimum absolute atomic E-state index is 0.0499. The molecular formula is C22H15F3N4O. The Morgan fingerprint density at radius 2 is 1.87 bits per heavy atom. The van der Waals surface area contributed by atoms with Crippen LogP contribution in [-0.4, -0.2) is 19.3 Å². The van der Waals surface area contributed by atoms with Crippen LogP contribution in [-0.2, 0) is 12.7 Å². The zero-order chi connectivity index (χ0) is 20.9. The SMILES string of the molecule is O=c1c2ccc(C(F)(F)F)cc2nc2n1CC/C2=C\c1cnn(-c2ccccc2)c1. The summed E-state index contributed by atoms with van der Waals surface area (Å²) in [4.78, 5) is 17.2. The Morgan fingerprint density at radius 1 is 1.07 bits per heavy atom. The van der Waals surface area contributed by atoms with Gasteiger partial charge in [-0.15, -0.1) is 0 Å². The molecule has 0 saturated heterocycles. The number of rotatable bonds is 2. The van der Waals surface area contributed by atoms with Crippen molar-refractivity contribution in [1.82, 2.24) is 19.3 Å². The number of halogens is 3. The van der Waals surface area contributed by atoms with Crippen molar-refractivity contribution >= 4 is 22.6 Å². The number of para-hydroxylation sites is 1. The number of aromatic nitrogens is 4. The van der Waals surface area contributed by atoms with E-state index in [1.807, 2.05) is 42.6 Å². The quantitative estimate of drug-likeness (QED) is 0.489. The van der Waals surface area contributed by atoms with Gasteiger partial charge in [-0.05, 0) is 48.4 Å². The Labute approximate surface area is 168 Å². The summed E-state index contributed by atoms with van der Waals surface area (Å²) < 4.78 is 42.4. The fraction of sp³-hybridized carbons (Fsp3) is 0.136. The van der Waals surface area contributed by atoms with Crippen LogP contribution in [0.3, 0.4) is 0 Å². The molecule has 30 heavy (non-hydrogen) atoms. The van der Waals surface area contributed by atoms with E-state index in [2.05, 4.69) is 10.1 Å². The lowest BCUT2D eigenvalue weighted by Gasteiger charge is -2.09. The normalized spacial score (nSPS) is 15.1. The minimum Gasteiger partial charge on any atom is -0.292 e. The number of allylic oxidation sites excluding steroid dienone is 1. The molecule has 0 radical (unpaired) electrons. The van der Waals surface area contributed by atoms with Crippen LogP contribution in [0.1, 0.15) is 23.4 Å². The first-order chi connectivity index (χ1) is 14.4. The standard InChI is InChI=1S/C22H15F3N4O/c23-22(24,25)16-6-7-18-19(11-16)27-20-15(8-9-28(20)21(18)30)10-14-12-26-29(13-14)17-4-2-1-3-5-17/h1-7,10-13H,8-9H2/b15-10+. The van der Waals surface area contributed by atoms with Gasteiger partial charge in [0.2, 0.25) is 0 Å². The molecule has 2 aromatic carbocycles. The molecule has 8 heteroatoms. The van der Waals surface area contributed by atoms with E-state index in [-0.39, 0.29) is 16.5 Å². The molecule has 2 aromatic heterocycles. The summed E-state index contributed by atoms with van der Waals surface area (Å²) in [5.41, 5.74) is 1.43. The molecule has 0 unspecified atom stereocenters. The van der Waals surface area contributed by atoms with Crippen LogP contribution in [0.25, 0.3) is 28.2 Å². The van der Waals surface area contributed by atoms with Crippen molar-refractivity contribution in [2.45, 2.75) is 19.1 Å². The van der Waals surface area contributed by atoms with Crippen molar-refractivity contribution in [3.8, 4) is 5.69 Å². The predicted octanol–water partition coefficient (Wildman–Crippen LogP) is 4.55. The minimum atomic E-state index is -4.49. The summed E-state index contributed by atoms with van der Waals surface area (Å²) in [5.74, 6) is 0.402. The molecule has 0 fully saturated rings. The number of benzene rings is 2. The predicted molar refractivity (Wildman–Crippen MR) is 107 cm³/mol. The number of hydrogen-bond acceptors (Lipinski definition) is 3. The monoisotopic (exact) mass is 408 g/mol. The van der Waals surface area contributed by atoms with E-state index in [4.69, 9.17) is 0 Å². The molecule has 0 amide bonds. The summed E-state index contributed by atoms with van der Waals surface area (Å²) in [7, 11) is 0. The van der Waals surface area contributed by atoms with Gasteiger partial charge in [0.15, 0.2) is 0 Å². The van der Waals surface area contributed by atoms with E-state index in [0.29, 0.717) is 18.8 Å². The largest absolute Gasteiger partial charge is 0.416 e. The first-order valence-corrected chi connectivity index (χ1v) is 9.33. The van der Waals surface area contributed by atoms with Crippen molar-refractivity contribution in [3.63, 3.8) is 0 Å². The summed E-state index contributed by atoms with van der Waals surface area (Å²) in [6.07, 6.45) is 1.50. The molecule has 150 valence electrons. The summed E-state index contributed by atoms with van der Waals surface area (Å²) in [6, 6.07) is 12.7. The van der Waals surface area contributed by atoms with Crippen molar-refractivity contribution in [2.24, 2.45) is 0 Å². The van der Waals surface area contributed by atoms with Crippen LogP contribution in [0.15, 0.2) is 65.7 Å². The van der Waals surface area contributed by atoms with E-state index >= 15 is 0 Å². The molecule has 5 rings (SSSR count). The van der Waals surface area contributed by atoms with Crippen molar-refractivity contribution in [2.75, 3.05) is 0 Å². The van der Waals surface area contributed by atoms with Crippen LogP contribution in [0.4, 0.5) is 13.2 Å². The van der Waals surface area contributed by atoms with Gasteiger partial charge in [-0.1, -0.05) is 18.2 Å². The molecule has 0 bridgehead atoms. The lowest BCUT2D eigenvalue weighted by Crippen LogP contribution is -2.21. The van der Waals surface area contributed by atoms with Crippen LogP contribution >= 0.6 is 0 Å². The van der Waals surface area contributed by atoms with Gasteiger partial charge in [-0.25, -0.2) is 9.67 Å². The molecule has 1 aliphatic rings. The highest BCUT2D eigenvalue weighted by Crippen LogP contribution is 2.32. The third-order valence-corrected chi connectivity index (χ3v) is 5.14. The highest BCUT2D eigenvalue weighted by atomic mass is 19.4. The number of fused-ring (bicyclic) bond motifs is 2. The van der Waals surface area contributed by atoms with Gasteiger partial charge < -0.3 is 0 Å². The second-order valence-electron chi connectivity index (χ2n) is 7.10. The average molecular weight is 408 g/mol. The van der Waals surface area contributed by atoms with E-state index in [1.54, 1.807) is 10.9 Å². The zero-order valence-corrected chi connectivity index (χ0v) is 15.6. The van der Waals surface area contributed by atoms with Gasteiger partial charge in [0, 0.05) is 18.3 Å². The molecule has 4 aromatic rings. The zero-order valence-electron chi connectivity index (χ0n) is 15.6. The van der Waals surface area contributed by atoms with E-state index in [0.717, 1.165) is 29.0 Å². The fourth-order valence-corrected chi connectivity index (χ4v) is 3.67. The second-order valence-corrected chi connectivity index (χ2v) is 7.10. The third-order valence-electron chi connectivity index (χ3n) is 5.14. The van der Waals surface area contributed by atoms with Gasteiger partial charge in [0.25, 0.3) is 5.56 Å². The van der Waals surface area contributed by atoms with Crippen LogP contribution < -0.4 is 5.56 Å². The first-order valence-electron chi connectivity index (χ1n) is 9.33. The number of nitrogens with zero attached hydrogens (tertiary/aromatic N) is 4. The van der Waals surface area contributed by atoms with Gasteiger partial charge in [0.05, 0.1) is 28.4 Å². The Hall–Kier alpha value is -3.68. The summed E-state index contributed by atoms with van der Waals surface area (Å²) >= 11 is 0. The van der Waals surface area contributed by atoms with Gasteiger partial charge in [0.1, 0.15) is 5.82 Å². The molecule has 0 atom stereocenters. The molecule has 5 nitrogen and oxygen atoms in total. The van der Waals surface area contributed by atoms with Gasteiger partial charge >= 0.3 is 6.18 Å². The Kier molecular flexibility index (Phi) is 4.09. The smallest absolute Gasteiger partial charge is 0.292 e. The molecule has 0 aliphatic carbocycles. The van der Waals surface area contributed by atoms with Crippen LogP contribution in [0.2, 0.25) is 0 Å². The van der Waals surface area contributed by atoms with Crippen LogP contribution in [0.5, 0.6) is 0 Å². The fourth-order valence-electron chi connectivity index (χ4n) is 3.67. The van der Waals surface area contributed by atoms with Gasteiger partial charge in [-0.2, -0.15) is 18.3 Å². The van der Waals surface area contributed by atoms with Crippen molar-refractivity contribution in [3.05, 3.63) is 88.2 Å². The maximum absolute atomic E-state index is 13.1. The number of hydrogen-bond donors (Lipinski definition) is 0. The second kappa shape index (κ2) is 6.69. The maximum Gasteiger partial charge on any atom is 0.416 e. The molecule has 0 saturated carbocycles. The molecule has 0 spiro atoms. The highest BCUT2D eigenvalue weighted by molar-refractivity contribution is 5.85. The molecule has 3 heterocycles. The Balaban J connectivity index is 1.58. The topological polar surface area (TPSA) is 52.7 Å². The Bertz CT molecular complexity index is 1350. The molecule has 0 N–H and O–H groups in total. The third kappa shape index (κ3) is 3.10. The van der Waals surface area contributed by atoms with Gasteiger partial charge in [-0.3, -0.25) is 9.36 Å². The van der Waals surface area contributed by atoms with Crippen molar-refractivity contribution in [1.29, 1.82) is 0 Å². The lowest BCUT2D eigenvalue weighted by atomic mass is 10.1. The highest BCUT2D eigenvalue weighted by Gasteiger charge is 2.31. The maximum atomic E-state index is 13.1. The summed E-state index contributed by atoms with van der Waals surface area (Å²) in [6.45, 7) is 0.441. The van der Waals surface area contributed by atoms with Crippen LogP contribution in [0, 0.1) is 0 Å². The first kappa shape index (κ1) is 18.4. The van der Waals surface area contributed by atoms with E-state index in [9.17, 15) is 18.0 Å². The average Bonchev–Trinajstić information content (AvgIpc) is 3.36. The molecule has 1 aliphatic heterocycles. The van der Waals surface area contributed by atoms with E-state index in [1.165, 1.54) is 10.6 Å².